The highest BCUT2D eigenvalue weighted by Gasteiger charge is 2.42. The number of amides is 1. The minimum absolute atomic E-state index is 0. The smallest absolute Gasteiger partial charge is 0.239 e. The first-order valence-corrected chi connectivity index (χ1v) is 8.23. The average Bonchev–Trinajstić information content (AvgIpc) is 2.33. The summed E-state index contributed by atoms with van der Waals surface area (Å²) in [7, 11) is -3.07. The molecule has 2 aliphatic heterocycles. The van der Waals surface area contributed by atoms with E-state index < -0.39 is 14.6 Å². The molecule has 2 heterocycles. The molecule has 1 atom stereocenters. The van der Waals surface area contributed by atoms with Crippen molar-refractivity contribution in [3.63, 3.8) is 0 Å². The molecule has 2 aliphatic rings. The van der Waals surface area contributed by atoms with Gasteiger partial charge in [-0.25, -0.2) is 8.42 Å². The molecule has 19 heavy (non-hydrogen) atoms. The van der Waals surface area contributed by atoms with Crippen LogP contribution in [0.5, 0.6) is 0 Å². The number of nitrogens with zero attached hydrogens (tertiary/aromatic N) is 1. The number of sulfone groups is 1. The lowest BCUT2D eigenvalue weighted by Crippen LogP contribution is -2.58. The number of rotatable bonds is 1. The number of halogens is 1. The minimum Gasteiger partial charge on any atom is -0.339 e. The van der Waals surface area contributed by atoms with E-state index in [9.17, 15) is 13.2 Å². The molecule has 0 radical (unpaired) electrons. The molecule has 0 aromatic rings. The Labute approximate surface area is 121 Å². The molecule has 2 saturated heterocycles. The second-order valence-electron chi connectivity index (χ2n) is 5.84. The molecule has 0 bridgehead atoms. The third-order valence-corrected chi connectivity index (χ3v) is 6.50. The Morgan fingerprint density at radius 2 is 2.00 bits per heavy atom. The summed E-state index contributed by atoms with van der Waals surface area (Å²) >= 11 is 0. The van der Waals surface area contributed by atoms with E-state index in [0.717, 1.165) is 25.8 Å². The molecule has 5 nitrogen and oxygen atoms in total. The number of hydrogen-bond donors (Lipinski definition) is 1. The van der Waals surface area contributed by atoms with Crippen LogP contribution >= 0.6 is 12.4 Å². The van der Waals surface area contributed by atoms with Gasteiger partial charge >= 0.3 is 0 Å². The standard InChI is InChI=1S/C12H22N2O3S.ClH/c1-12(2)9-14(7-8-18(12,16)17)11(15)10-5-3-4-6-13-10;/h10,13H,3-9H2,1-2H3;1H. The fraction of sp³-hybridized carbons (Fsp3) is 0.917. The van der Waals surface area contributed by atoms with Gasteiger partial charge in [0.1, 0.15) is 0 Å². The molecule has 1 amide bonds. The van der Waals surface area contributed by atoms with E-state index in [4.69, 9.17) is 0 Å². The van der Waals surface area contributed by atoms with E-state index >= 15 is 0 Å². The molecule has 112 valence electrons. The lowest BCUT2D eigenvalue weighted by atomic mass is 10.0. The second kappa shape index (κ2) is 5.97. The summed E-state index contributed by atoms with van der Waals surface area (Å²) < 4.78 is 23.0. The van der Waals surface area contributed by atoms with Gasteiger partial charge in [0, 0.05) is 13.1 Å². The van der Waals surface area contributed by atoms with Crippen LogP contribution in [-0.2, 0) is 14.6 Å². The van der Waals surface area contributed by atoms with Crippen LogP contribution in [-0.4, -0.2) is 55.4 Å². The van der Waals surface area contributed by atoms with Gasteiger partial charge in [0.2, 0.25) is 5.91 Å². The first kappa shape index (κ1) is 16.7. The van der Waals surface area contributed by atoms with Crippen molar-refractivity contribution >= 4 is 28.2 Å². The fourth-order valence-corrected chi connectivity index (χ4v) is 3.98. The predicted molar refractivity (Wildman–Crippen MR) is 77.3 cm³/mol. The monoisotopic (exact) mass is 310 g/mol. The largest absolute Gasteiger partial charge is 0.339 e. The van der Waals surface area contributed by atoms with Gasteiger partial charge in [-0.3, -0.25) is 4.79 Å². The highest BCUT2D eigenvalue weighted by Crippen LogP contribution is 2.24. The molecule has 2 fully saturated rings. The minimum atomic E-state index is -3.07. The van der Waals surface area contributed by atoms with Crippen molar-refractivity contribution in [3.05, 3.63) is 0 Å². The molecule has 0 aromatic carbocycles. The number of nitrogens with one attached hydrogen (secondary N) is 1. The zero-order valence-electron chi connectivity index (χ0n) is 11.5. The zero-order chi connectivity index (χ0) is 13.4. The number of piperidine rings is 1. The van der Waals surface area contributed by atoms with Crippen LogP contribution in [0.1, 0.15) is 33.1 Å². The van der Waals surface area contributed by atoms with Crippen molar-refractivity contribution < 1.29 is 13.2 Å². The van der Waals surface area contributed by atoms with E-state index in [1.165, 1.54) is 0 Å². The number of carbonyl (C=O) groups is 1. The maximum Gasteiger partial charge on any atom is 0.239 e. The maximum absolute atomic E-state index is 12.3. The third-order valence-electron chi connectivity index (χ3n) is 3.96. The zero-order valence-corrected chi connectivity index (χ0v) is 13.1. The van der Waals surface area contributed by atoms with E-state index in [-0.39, 0.29) is 30.1 Å². The molecule has 1 unspecified atom stereocenters. The van der Waals surface area contributed by atoms with Gasteiger partial charge in [0.05, 0.1) is 16.5 Å². The fourth-order valence-electron chi connectivity index (χ4n) is 2.61. The first-order valence-electron chi connectivity index (χ1n) is 6.58. The van der Waals surface area contributed by atoms with Crippen LogP contribution in [0.2, 0.25) is 0 Å². The normalized spacial score (nSPS) is 29.4. The summed E-state index contributed by atoms with van der Waals surface area (Å²) in [6.07, 6.45) is 3.05. The van der Waals surface area contributed by atoms with Crippen LogP contribution < -0.4 is 5.32 Å². The maximum atomic E-state index is 12.3. The van der Waals surface area contributed by atoms with Gasteiger partial charge in [-0.05, 0) is 33.2 Å². The number of carbonyl (C=O) groups excluding carboxylic acids is 1. The van der Waals surface area contributed by atoms with Gasteiger partial charge in [-0.2, -0.15) is 0 Å². The van der Waals surface area contributed by atoms with Crippen LogP contribution in [0.15, 0.2) is 0 Å². The van der Waals surface area contributed by atoms with E-state index in [1.807, 2.05) is 0 Å². The molecule has 1 N–H and O–H groups in total. The van der Waals surface area contributed by atoms with E-state index in [1.54, 1.807) is 18.7 Å². The average molecular weight is 311 g/mol. The van der Waals surface area contributed by atoms with Gasteiger partial charge in [-0.15, -0.1) is 12.4 Å². The highest BCUT2D eigenvalue weighted by molar-refractivity contribution is 7.92. The molecule has 2 rings (SSSR count). The molecular weight excluding hydrogens is 288 g/mol. The summed E-state index contributed by atoms with van der Waals surface area (Å²) in [5.41, 5.74) is 0. The summed E-state index contributed by atoms with van der Waals surface area (Å²) in [4.78, 5) is 14.0. The van der Waals surface area contributed by atoms with Crippen LogP contribution in [0, 0.1) is 0 Å². The quantitative estimate of drug-likeness (QED) is 0.769. The van der Waals surface area contributed by atoms with Crippen molar-refractivity contribution in [1.82, 2.24) is 10.2 Å². The Balaban J connectivity index is 0.00000180. The Morgan fingerprint density at radius 1 is 1.32 bits per heavy atom. The van der Waals surface area contributed by atoms with E-state index in [2.05, 4.69) is 5.32 Å². The summed E-state index contributed by atoms with van der Waals surface area (Å²) in [6.45, 7) is 4.94. The summed E-state index contributed by atoms with van der Waals surface area (Å²) in [6, 6.07) is -0.115. The highest BCUT2D eigenvalue weighted by atomic mass is 35.5. The molecular formula is C12H23ClN2O3S. The molecule has 0 saturated carbocycles. The van der Waals surface area contributed by atoms with E-state index in [0.29, 0.717) is 13.1 Å². The van der Waals surface area contributed by atoms with Crippen molar-refractivity contribution in [2.45, 2.75) is 43.9 Å². The SMILES string of the molecule is CC1(C)CN(C(=O)C2CCCCN2)CCS1(=O)=O.Cl. The summed E-state index contributed by atoms with van der Waals surface area (Å²) in [5.74, 6) is 0.149. The van der Waals surface area contributed by atoms with Crippen LogP contribution in [0.25, 0.3) is 0 Å². The van der Waals surface area contributed by atoms with Crippen molar-refractivity contribution in [2.24, 2.45) is 0 Å². The lowest BCUT2D eigenvalue weighted by molar-refractivity contribution is -0.134. The van der Waals surface area contributed by atoms with Crippen molar-refractivity contribution in [2.75, 3.05) is 25.4 Å². The predicted octanol–water partition coefficient (Wildman–Crippen LogP) is 0.586. The Kier molecular flexibility index (Phi) is 5.26. The molecule has 7 heteroatoms. The summed E-state index contributed by atoms with van der Waals surface area (Å²) in [5, 5.41) is 3.22. The first-order chi connectivity index (χ1) is 8.33. The van der Waals surface area contributed by atoms with Crippen molar-refractivity contribution in [1.29, 1.82) is 0 Å². The Bertz CT molecular complexity index is 430. The third kappa shape index (κ3) is 3.41. The number of hydrogen-bond acceptors (Lipinski definition) is 4. The molecule has 0 aromatic heterocycles. The van der Waals surface area contributed by atoms with Crippen LogP contribution in [0.3, 0.4) is 0 Å². The second-order valence-corrected chi connectivity index (χ2v) is 8.58. The topological polar surface area (TPSA) is 66.5 Å². The molecule has 0 spiro atoms. The van der Waals surface area contributed by atoms with Gasteiger partial charge in [0.25, 0.3) is 0 Å². The Morgan fingerprint density at radius 3 is 2.53 bits per heavy atom. The van der Waals surface area contributed by atoms with Gasteiger partial charge in [0.15, 0.2) is 9.84 Å². The molecule has 0 aliphatic carbocycles. The van der Waals surface area contributed by atoms with Crippen LogP contribution in [0.4, 0.5) is 0 Å². The Hall–Kier alpha value is -0.330. The van der Waals surface area contributed by atoms with Crippen molar-refractivity contribution in [3.8, 4) is 0 Å². The van der Waals surface area contributed by atoms with Gasteiger partial charge in [-0.1, -0.05) is 6.42 Å². The lowest BCUT2D eigenvalue weighted by Gasteiger charge is -2.39. The van der Waals surface area contributed by atoms with Gasteiger partial charge < -0.3 is 10.2 Å².